The first-order valence-corrected chi connectivity index (χ1v) is 14.7. The van der Waals surface area contributed by atoms with Crippen molar-refractivity contribution < 1.29 is 19.5 Å². The minimum atomic E-state index is -0.900. The van der Waals surface area contributed by atoms with E-state index < -0.39 is 17.8 Å². The number of anilines is 1. The second-order valence-electron chi connectivity index (χ2n) is 11.5. The van der Waals surface area contributed by atoms with E-state index in [1.165, 1.54) is 21.8 Å². The van der Waals surface area contributed by atoms with Gasteiger partial charge in [0.25, 0.3) is 5.91 Å². The molecule has 2 bridgehead atoms. The van der Waals surface area contributed by atoms with Gasteiger partial charge in [-0.05, 0) is 81.8 Å². The maximum absolute atomic E-state index is 13.8. The zero-order valence-electron chi connectivity index (χ0n) is 22.7. The number of fused-ring (bicyclic) bond motifs is 3. The molecule has 0 unspecified atom stereocenters. The molecule has 1 heterocycles. The summed E-state index contributed by atoms with van der Waals surface area (Å²) in [6, 6.07) is 8.07. The van der Waals surface area contributed by atoms with E-state index in [2.05, 4.69) is 17.6 Å². The number of aliphatic carboxylic acids is 1. The molecular weight excluding hydrogens is 496 g/mol. The van der Waals surface area contributed by atoms with Crippen LogP contribution in [0.25, 0.3) is 0 Å². The summed E-state index contributed by atoms with van der Waals surface area (Å²) >= 11 is 1.50. The van der Waals surface area contributed by atoms with Crippen LogP contribution in [0.15, 0.2) is 35.4 Å². The van der Waals surface area contributed by atoms with Gasteiger partial charge >= 0.3 is 5.97 Å². The van der Waals surface area contributed by atoms with Gasteiger partial charge < -0.3 is 15.7 Å². The number of aryl methyl sites for hydroxylation is 1. The largest absolute Gasteiger partial charge is 0.481 e. The van der Waals surface area contributed by atoms with Crippen molar-refractivity contribution in [3.05, 3.63) is 62.5 Å². The maximum Gasteiger partial charge on any atom is 0.307 e. The van der Waals surface area contributed by atoms with Crippen molar-refractivity contribution in [2.24, 2.45) is 29.6 Å². The first-order valence-electron chi connectivity index (χ1n) is 13.9. The SMILES string of the molecule is CC[C@@H]1CCc2c(sc(NC(=O)[C@H]3[C@@H](C(=O)O)[C@H]4CC[C@@H]3C4=C(C)C)c2C(=O)NCc2ccc(C)cc2)C1. The van der Waals surface area contributed by atoms with Crippen molar-refractivity contribution >= 4 is 34.1 Å². The van der Waals surface area contributed by atoms with E-state index in [0.29, 0.717) is 23.0 Å². The topological polar surface area (TPSA) is 95.5 Å². The van der Waals surface area contributed by atoms with E-state index in [0.717, 1.165) is 60.8 Å². The Labute approximate surface area is 228 Å². The third-order valence-electron chi connectivity index (χ3n) is 8.99. The molecule has 7 heteroatoms. The summed E-state index contributed by atoms with van der Waals surface area (Å²) in [5.74, 6) is -2.19. The highest BCUT2D eigenvalue weighted by Crippen LogP contribution is 2.57. The van der Waals surface area contributed by atoms with E-state index in [4.69, 9.17) is 0 Å². The van der Waals surface area contributed by atoms with Crippen LogP contribution in [-0.2, 0) is 29.0 Å². The number of carboxylic acid groups (broad SMARTS) is 1. The lowest BCUT2D eigenvalue weighted by atomic mass is 9.78. The molecule has 0 saturated heterocycles. The maximum atomic E-state index is 13.8. The van der Waals surface area contributed by atoms with Crippen molar-refractivity contribution in [2.75, 3.05) is 5.32 Å². The lowest BCUT2D eigenvalue weighted by molar-refractivity contribution is -0.148. The average molecular weight is 535 g/mol. The molecule has 3 aliphatic carbocycles. The summed E-state index contributed by atoms with van der Waals surface area (Å²) in [5, 5.41) is 16.8. The minimum Gasteiger partial charge on any atom is -0.481 e. The van der Waals surface area contributed by atoms with Gasteiger partial charge in [0.15, 0.2) is 0 Å². The molecular formula is C31H38N2O4S. The molecule has 1 aromatic heterocycles. The predicted molar refractivity (Wildman–Crippen MR) is 150 cm³/mol. The molecule has 1 aromatic carbocycles. The third kappa shape index (κ3) is 4.81. The monoisotopic (exact) mass is 534 g/mol. The molecule has 0 aliphatic heterocycles. The normalized spacial score (nSPS) is 25.7. The number of hydrogen-bond donors (Lipinski definition) is 3. The highest BCUT2D eigenvalue weighted by Gasteiger charge is 2.57. The summed E-state index contributed by atoms with van der Waals surface area (Å²) in [6.45, 7) is 8.68. The van der Waals surface area contributed by atoms with Gasteiger partial charge in [0.1, 0.15) is 5.00 Å². The van der Waals surface area contributed by atoms with Gasteiger partial charge in [-0.1, -0.05) is 54.3 Å². The van der Waals surface area contributed by atoms with Gasteiger partial charge in [0.05, 0.1) is 17.4 Å². The number of amides is 2. The van der Waals surface area contributed by atoms with Crippen molar-refractivity contribution in [3.8, 4) is 0 Å². The third-order valence-corrected chi connectivity index (χ3v) is 10.2. The lowest BCUT2D eigenvalue weighted by Gasteiger charge is -2.26. The van der Waals surface area contributed by atoms with Crippen molar-refractivity contribution in [2.45, 2.75) is 72.8 Å². The van der Waals surface area contributed by atoms with Crippen LogP contribution in [0.2, 0.25) is 0 Å². The van der Waals surface area contributed by atoms with Crippen LogP contribution in [0, 0.1) is 36.5 Å². The molecule has 3 N–H and O–H groups in total. The second-order valence-corrected chi connectivity index (χ2v) is 12.6. The van der Waals surface area contributed by atoms with Crippen LogP contribution in [0.1, 0.15) is 78.4 Å². The smallest absolute Gasteiger partial charge is 0.307 e. The zero-order valence-corrected chi connectivity index (χ0v) is 23.5. The van der Waals surface area contributed by atoms with Gasteiger partial charge in [-0.15, -0.1) is 11.3 Å². The summed E-state index contributed by atoms with van der Waals surface area (Å²) in [7, 11) is 0. The van der Waals surface area contributed by atoms with Crippen molar-refractivity contribution in [1.29, 1.82) is 0 Å². The van der Waals surface area contributed by atoms with Crippen LogP contribution in [-0.4, -0.2) is 22.9 Å². The van der Waals surface area contributed by atoms with Gasteiger partial charge in [-0.25, -0.2) is 0 Å². The Balaban J connectivity index is 1.43. The van der Waals surface area contributed by atoms with E-state index in [9.17, 15) is 19.5 Å². The number of thiophene rings is 1. The average Bonchev–Trinajstić information content (AvgIpc) is 3.57. The van der Waals surface area contributed by atoms with Crippen LogP contribution in [0.5, 0.6) is 0 Å². The fourth-order valence-electron chi connectivity index (χ4n) is 7.11. The molecule has 3 aliphatic rings. The Morgan fingerprint density at radius 2 is 1.71 bits per heavy atom. The molecule has 2 saturated carbocycles. The quantitative estimate of drug-likeness (QED) is 0.372. The molecule has 0 spiro atoms. The number of hydrogen-bond acceptors (Lipinski definition) is 4. The number of benzene rings is 1. The molecule has 2 aromatic rings. The fourth-order valence-corrected chi connectivity index (χ4v) is 8.47. The van der Waals surface area contributed by atoms with Crippen LogP contribution in [0.3, 0.4) is 0 Å². The van der Waals surface area contributed by atoms with Crippen molar-refractivity contribution in [3.63, 3.8) is 0 Å². The number of carbonyl (C=O) groups excluding carboxylic acids is 2. The van der Waals surface area contributed by atoms with E-state index in [1.54, 1.807) is 0 Å². The Hall–Kier alpha value is -2.93. The van der Waals surface area contributed by atoms with Gasteiger partial charge in [-0.3, -0.25) is 14.4 Å². The summed E-state index contributed by atoms with van der Waals surface area (Å²) in [6.07, 6.45) is 5.52. The standard InChI is InChI=1S/C31H38N2O4S/c1-5-18-10-11-20-23(14-18)38-30(27(20)28(34)32-15-19-8-6-17(4)7-9-19)33-29(35)25-21-12-13-22(24(21)16(2)3)26(25)31(36)37/h6-9,18,21-22,25-26H,5,10-15H2,1-4H3,(H,32,34)(H,33,35)(H,36,37)/t18-,21-,22+,25-,26+/m1/s1. The molecule has 6 nitrogen and oxygen atoms in total. The van der Waals surface area contributed by atoms with Crippen molar-refractivity contribution in [1.82, 2.24) is 5.32 Å². The highest BCUT2D eigenvalue weighted by atomic mass is 32.1. The fraction of sp³-hybridized carbons (Fsp3) is 0.516. The summed E-state index contributed by atoms with van der Waals surface area (Å²) in [5.41, 5.74) is 6.09. The predicted octanol–water partition coefficient (Wildman–Crippen LogP) is 6.13. The van der Waals surface area contributed by atoms with E-state index in [-0.39, 0.29) is 23.7 Å². The molecule has 2 fully saturated rings. The van der Waals surface area contributed by atoms with Gasteiger partial charge in [0.2, 0.25) is 5.91 Å². The van der Waals surface area contributed by atoms with E-state index in [1.807, 2.05) is 45.0 Å². The Kier molecular flexibility index (Phi) is 7.49. The molecule has 5 rings (SSSR count). The molecule has 5 atom stereocenters. The highest BCUT2D eigenvalue weighted by molar-refractivity contribution is 7.17. The lowest BCUT2D eigenvalue weighted by Crippen LogP contribution is -2.38. The zero-order chi connectivity index (χ0) is 27.1. The Bertz CT molecular complexity index is 1290. The molecule has 38 heavy (non-hydrogen) atoms. The minimum absolute atomic E-state index is 0.0380. The molecule has 2 amide bonds. The molecule has 0 radical (unpaired) electrons. The number of carbonyl (C=O) groups is 3. The van der Waals surface area contributed by atoms with Crippen LogP contribution >= 0.6 is 11.3 Å². The van der Waals surface area contributed by atoms with Gasteiger partial charge in [0, 0.05) is 11.4 Å². The number of nitrogens with one attached hydrogen (secondary N) is 2. The van der Waals surface area contributed by atoms with E-state index >= 15 is 0 Å². The van der Waals surface area contributed by atoms with Crippen LogP contribution in [0.4, 0.5) is 5.00 Å². The Morgan fingerprint density at radius 1 is 1.03 bits per heavy atom. The first-order chi connectivity index (χ1) is 18.2. The summed E-state index contributed by atoms with van der Waals surface area (Å²) in [4.78, 5) is 40.8. The number of rotatable bonds is 7. The second kappa shape index (κ2) is 10.7. The molecule has 202 valence electrons. The van der Waals surface area contributed by atoms with Crippen LogP contribution < -0.4 is 10.6 Å². The number of allylic oxidation sites excluding steroid dienone is 2. The van der Waals surface area contributed by atoms with Gasteiger partial charge in [-0.2, -0.15) is 0 Å². The number of carboxylic acids is 1. The Morgan fingerprint density at radius 3 is 2.34 bits per heavy atom. The summed E-state index contributed by atoms with van der Waals surface area (Å²) < 4.78 is 0. The first kappa shape index (κ1) is 26.7.